The fourth-order valence-electron chi connectivity index (χ4n) is 1.95. The van der Waals surface area contributed by atoms with E-state index in [2.05, 4.69) is 25.0 Å². The SMILES string of the molecule is CC(C)c1cnn(C(CC#N)c2ccccc2)c1. The van der Waals surface area contributed by atoms with Crippen LogP contribution in [0.25, 0.3) is 0 Å². The Bertz CT molecular complexity index is 534. The molecule has 0 radical (unpaired) electrons. The molecule has 1 aromatic carbocycles. The van der Waals surface area contributed by atoms with E-state index in [0.29, 0.717) is 12.3 Å². The van der Waals surface area contributed by atoms with Crippen LogP contribution in [0.15, 0.2) is 42.7 Å². The molecular formula is C15H17N3. The smallest absolute Gasteiger partial charge is 0.0898 e. The monoisotopic (exact) mass is 239 g/mol. The number of nitrogens with zero attached hydrogens (tertiary/aromatic N) is 3. The maximum Gasteiger partial charge on any atom is 0.0898 e. The van der Waals surface area contributed by atoms with Crippen LogP contribution in [0.3, 0.4) is 0 Å². The molecule has 2 aromatic rings. The molecule has 0 bridgehead atoms. The Morgan fingerprint density at radius 2 is 1.94 bits per heavy atom. The molecule has 0 fully saturated rings. The van der Waals surface area contributed by atoms with Crippen molar-refractivity contribution in [1.29, 1.82) is 5.26 Å². The molecule has 0 aliphatic carbocycles. The number of hydrogen-bond acceptors (Lipinski definition) is 2. The fraction of sp³-hybridized carbons (Fsp3) is 0.333. The van der Waals surface area contributed by atoms with Crippen LogP contribution in [0.5, 0.6) is 0 Å². The second-order valence-corrected chi connectivity index (χ2v) is 4.70. The normalized spacial score (nSPS) is 12.3. The lowest BCUT2D eigenvalue weighted by molar-refractivity contribution is 0.531. The van der Waals surface area contributed by atoms with Gasteiger partial charge in [0, 0.05) is 6.20 Å². The van der Waals surface area contributed by atoms with E-state index in [1.807, 2.05) is 47.4 Å². The van der Waals surface area contributed by atoms with Crippen LogP contribution in [-0.4, -0.2) is 9.78 Å². The zero-order valence-electron chi connectivity index (χ0n) is 10.7. The van der Waals surface area contributed by atoms with E-state index >= 15 is 0 Å². The molecule has 92 valence electrons. The summed E-state index contributed by atoms with van der Waals surface area (Å²) in [6.07, 6.45) is 4.36. The highest BCUT2D eigenvalue weighted by Crippen LogP contribution is 2.23. The Morgan fingerprint density at radius 1 is 1.22 bits per heavy atom. The molecule has 3 nitrogen and oxygen atoms in total. The molecule has 0 spiro atoms. The van der Waals surface area contributed by atoms with E-state index in [1.165, 1.54) is 5.56 Å². The van der Waals surface area contributed by atoms with Crippen molar-refractivity contribution in [2.24, 2.45) is 0 Å². The van der Waals surface area contributed by atoms with E-state index in [1.54, 1.807) is 0 Å². The molecule has 1 atom stereocenters. The first kappa shape index (κ1) is 12.4. The Hall–Kier alpha value is -2.08. The van der Waals surface area contributed by atoms with Crippen LogP contribution in [0.2, 0.25) is 0 Å². The standard InChI is InChI=1S/C15H17N3/c1-12(2)14-10-17-18(11-14)15(8-9-16)13-6-4-3-5-7-13/h3-7,10-12,15H,8H2,1-2H3. The molecule has 2 rings (SSSR count). The summed E-state index contributed by atoms with van der Waals surface area (Å²) in [5.74, 6) is 0.456. The number of rotatable bonds is 4. The predicted octanol–water partition coefficient (Wildman–Crippen LogP) is 3.51. The van der Waals surface area contributed by atoms with Gasteiger partial charge in [0.2, 0.25) is 0 Å². The largest absolute Gasteiger partial charge is 0.264 e. The Kier molecular flexibility index (Phi) is 3.78. The molecule has 0 N–H and O–H groups in total. The zero-order valence-corrected chi connectivity index (χ0v) is 10.7. The van der Waals surface area contributed by atoms with Crippen molar-refractivity contribution >= 4 is 0 Å². The Morgan fingerprint density at radius 3 is 2.50 bits per heavy atom. The minimum atomic E-state index is 0.00343. The summed E-state index contributed by atoms with van der Waals surface area (Å²) in [7, 11) is 0. The number of aromatic nitrogens is 2. The Balaban J connectivity index is 2.33. The molecule has 3 heteroatoms. The van der Waals surface area contributed by atoms with Crippen LogP contribution in [0, 0.1) is 11.3 Å². The van der Waals surface area contributed by atoms with Crippen LogP contribution in [-0.2, 0) is 0 Å². The molecular weight excluding hydrogens is 222 g/mol. The van der Waals surface area contributed by atoms with E-state index < -0.39 is 0 Å². The topological polar surface area (TPSA) is 41.6 Å². The van der Waals surface area contributed by atoms with E-state index in [9.17, 15) is 0 Å². The third-order valence-corrected chi connectivity index (χ3v) is 3.08. The van der Waals surface area contributed by atoms with Crippen LogP contribution in [0.1, 0.15) is 43.4 Å². The van der Waals surface area contributed by atoms with E-state index in [4.69, 9.17) is 5.26 Å². The lowest BCUT2D eigenvalue weighted by atomic mass is 10.0. The molecule has 1 aromatic heterocycles. The highest BCUT2D eigenvalue weighted by atomic mass is 15.3. The molecule has 0 saturated carbocycles. The average molecular weight is 239 g/mol. The van der Waals surface area contributed by atoms with Crippen molar-refractivity contribution in [3.05, 3.63) is 53.9 Å². The van der Waals surface area contributed by atoms with E-state index in [0.717, 1.165) is 5.56 Å². The van der Waals surface area contributed by atoms with Crippen LogP contribution >= 0.6 is 0 Å². The zero-order chi connectivity index (χ0) is 13.0. The van der Waals surface area contributed by atoms with Crippen molar-refractivity contribution < 1.29 is 0 Å². The van der Waals surface area contributed by atoms with E-state index in [-0.39, 0.29) is 6.04 Å². The molecule has 0 aliphatic heterocycles. The van der Waals surface area contributed by atoms with Crippen molar-refractivity contribution in [3.8, 4) is 6.07 Å². The highest BCUT2D eigenvalue weighted by molar-refractivity contribution is 5.22. The van der Waals surface area contributed by atoms with Crippen molar-refractivity contribution in [3.63, 3.8) is 0 Å². The van der Waals surface area contributed by atoms with Gasteiger partial charge >= 0.3 is 0 Å². The first-order valence-electron chi connectivity index (χ1n) is 6.18. The maximum absolute atomic E-state index is 8.98. The van der Waals surface area contributed by atoms with Gasteiger partial charge in [-0.2, -0.15) is 10.4 Å². The summed E-state index contributed by atoms with van der Waals surface area (Å²) in [6.45, 7) is 4.28. The summed E-state index contributed by atoms with van der Waals surface area (Å²) in [6, 6.07) is 12.3. The molecule has 0 aliphatic rings. The Labute approximate surface area is 108 Å². The number of benzene rings is 1. The van der Waals surface area contributed by atoms with Gasteiger partial charge in [-0.1, -0.05) is 44.2 Å². The lowest BCUT2D eigenvalue weighted by Crippen LogP contribution is -2.10. The van der Waals surface area contributed by atoms with Crippen LogP contribution < -0.4 is 0 Å². The van der Waals surface area contributed by atoms with Gasteiger partial charge in [-0.25, -0.2) is 0 Å². The highest BCUT2D eigenvalue weighted by Gasteiger charge is 2.15. The summed E-state index contributed by atoms with van der Waals surface area (Å²) in [4.78, 5) is 0. The first-order valence-corrected chi connectivity index (χ1v) is 6.18. The molecule has 1 unspecified atom stereocenters. The summed E-state index contributed by atoms with van der Waals surface area (Å²) < 4.78 is 1.90. The van der Waals surface area contributed by atoms with Gasteiger partial charge in [0.05, 0.1) is 24.7 Å². The minimum absolute atomic E-state index is 0.00343. The van der Waals surface area contributed by atoms with Gasteiger partial charge in [0.15, 0.2) is 0 Å². The second-order valence-electron chi connectivity index (χ2n) is 4.70. The van der Waals surface area contributed by atoms with Gasteiger partial charge in [-0.3, -0.25) is 4.68 Å². The predicted molar refractivity (Wildman–Crippen MR) is 71.1 cm³/mol. The molecule has 0 amide bonds. The molecule has 0 saturated heterocycles. The minimum Gasteiger partial charge on any atom is -0.264 e. The van der Waals surface area contributed by atoms with Gasteiger partial charge in [0.25, 0.3) is 0 Å². The maximum atomic E-state index is 8.98. The third-order valence-electron chi connectivity index (χ3n) is 3.08. The van der Waals surface area contributed by atoms with Crippen molar-refractivity contribution in [2.75, 3.05) is 0 Å². The van der Waals surface area contributed by atoms with Gasteiger partial charge in [-0.15, -0.1) is 0 Å². The fourth-order valence-corrected chi connectivity index (χ4v) is 1.95. The summed E-state index contributed by atoms with van der Waals surface area (Å²) in [5, 5.41) is 13.4. The average Bonchev–Trinajstić information content (AvgIpc) is 2.86. The van der Waals surface area contributed by atoms with Gasteiger partial charge < -0.3 is 0 Å². The van der Waals surface area contributed by atoms with Crippen LogP contribution in [0.4, 0.5) is 0 Å². The molecule has 18 heavy (non-hydrogen) atoms. The number of nitriles is 1. The first-order chi connectivity index (χ1) is 8.72. The quantitative estimate of drug-likeness (QED) is 0.819. The third kappa shape index (κ3) is 2.60. The van der Waals surface area contributed by atoms with Gasteiger partial charge in [-0.05, 0) is 17.0 Å². The van der Waals surface area contributed by atoms with Gasteiger partial charge in [0.1, 0.15) is 0 Å². The van der Waals surface area contributed by atoms with Crippen molar-refractivity contribution in [2.45, 2.75) is 32.2 Å². The number of hydrogen-bond donors (Lipinski definition) is 0. The lowest BCUT2D eigenvalue weighted by Gasteiger charge is -2.14. The van der Waals surface area contributed by atoms with Crippen molar-refractivity contribution in [1.82, 2.24) is 9.78 Å². The molecule has 1 heterocycles. The second kappa shape index (κ2) is 5.50. The summed E-state index contributed by atoms with van der Waals surface area (Å²) in [5.41, 5.74) is 2.33. The summed E-state index contributed by atoms with van der Waals surface area (Å²) >= 11 is 0.